The van der Waals surface area contributed by atoms with Gasteiger partial charge in [-0.25, -0.2) is 9.59 Å². The maximum atomic E-state index is 11.9. The largest absolute Gasteiger partial charge is 0.448 e. The van der Waals surface area contributed by atoms with E-state index in [1.807, 2.05) is 6.07 Å². The molecule has 0 saturated carbocycles. The first-order valence-electron chi connectivity index (χ1n) is 5.85. The summed E-state index contributed by atoms with van der Waals surface area (Å²) in [6, 6.07) is 1.36. The van der Waals surface area contributed by atoms with Crippen molar-refractivity contribution < 1.29 is 19.1 Å². The molecule has 2 rings (SSSR count). The number of rotatable bonds is 3. The van der Waals surface area contributed by atoms with Gasteiger partial charge in [-0.3, -0.25) is 9.69 Å². The molecule has 19 heavy (non-hydrogen) atoms. The molecule has 102 valence electrons. The predicted octanol–water partition coefficient (Wildman–Crippen LogP) is 1.15. The Bertz CT molecular complexity index is 526. The molecule has 0 aliphatic carbocycles. The van der Waals surface area contributed by atoms with E-state index in [-0.39, 0.29) is 0 Å². The highest BCUT2D eigenvalue weighted by molar-refractivity contribution is 7.12. The van der Waals surface area contributed by atoms with Crippen LogP contribution in [-0.2, 0) is 9.53 Å². The van der Waals surface area contributed by atoms with Crippen LogP contribution in [-0.4, -0.2) is 42.0 Å². The van der Waals surface area contributed by atoms with E-state index in [9.17, 15) is 14.4 Å². The fraction of sp³-hybridized carbons (Fsp3) is 0.417. The van der Waals surface area contributed by atoms with Crippen molar-refractivity contribution in [2.45, 2.75) is 20.0 Å². The summed E-state index contributed by atoms with van der Waals surface area (Å²) < 4.78 is 5.10. The summed E-state index contributed by atoms with van der Waals surface area (Å²) in [5, 5.41) is 4.31. The lowest BCUT2D eigenvalue weighted by molar-refractivity contribution is -0.136. The lowest BCUT2D eigenvalue weighted by Crippen LogP contribution is -2.41. The van der Waals surface area contributed by atoms with Gasteiger partial charge in [0.2, 0.25) is 0 Å². The average molecular weight is 282 g/mol. The molecule has 1 aliphatic rings. The highest BCUT2D eigenvalue weighted by atomic mass is 32.1. The zero-order valence-corrected chi connectivity index (χ0v) is 11.5. The normalized spacial score (nSPS) is 16.1. The first-order valence-corrected chi connectivity index (χ1v) is 6.73. The number of nitrogens with one attached hydrogen (secondary N) is 1. The molecule has 6 nitrogen and oxygen atoms in total. The van der Waals surface area contributed by atoms with Crippen molar-refractivity contribution in [3.8, 4) is 0 Å². The minimum atomic E-state index is -0.974. The standard InChI is InChI=1S/C12H14N2O4S/c1-7-3-6-19-9(7)11(16)18-8(2)10(15)14-5-4-13-12(14)17/h3,6,8H,4-5H2,1-2H3,(H,13,17). The molecule has 1 atom stereocenters. The highest BCUT2D eigenvalue weighted by Crippen LogP contribution is 2.17. The topological polar surface area (TPSA) is 75.7 Å². The van der Waals surface area contributed by atoms with E-state index in [2.05, 4.69) is 5.32 Å². The van der Waals surface area contributed by atoms with E-state index in [1.165, 1.54) is 18.3 Å². The van der Waals surface area contributed by atoms with Crippen LogP contribution in [0.1, 0.15) is 22.2 Å². The van der Waals surface area contributed by atoms with Crippen molar-refractivity contribution in [3.63, 3.8) is 0 Å². The molecule has 1 N–H and O–H groups in total. The van der Waals surface area contributed by atoms with Crippen molar-refractivity contribution in [1.29, 1.82) is 0 Å². The van der Waals surface area contributed by atoms with Gasteiger partial charge in [-0.2, -0.15) is 0 Å². The predicted molar refractivity (Wildman–Crippen MR) is 69.0 cm³/mol. The van der Waals surface area contributed by atoms with Crippen molar-refractivity contribution >= 4 is 29.2 Å². The van der Waals surface area contributed by atoms with Gasteiger partial charge in [-0.1, -0.05) is 0 Å². The summed E-state index contributed by atoms with van der Waals surface area (Å²) in [5.41, 5.74) is 0.813. The van der Waals surface area contributed by atoms with Crippen molar-refractivity contribution in [2.75, 3.05) is 13.1 Å². The zero-order valence-electron chi connectivity index (χ0n) is 10.6. The summed E-state index contributed by atoms with van der Waals surface area (Å²) in [5.74, 6) is -1.04. The minimum absolute atomic E-state index is 0.303. The molecule has 1 aliphatic heterocycles. The number of esters is 1. The van der Waals surface area contributed by atoms with Crippen LogP contribution >= 0.6 is 11.3 Å². The Balaban J connectivity index is 1.99. The van der Waals surface area contributed by atoms with E-state index in [1.54, 1.807) is 12.3 Å². The van der Waals surface area contributed by atoms with Gasteiger partial charge in [0.15, 0.2) is 6.10 Å². The lowest BCUT2D eigenvalue weighted by Gasteiger charge is -2.17. The van der Waals surface area contributed by atoms with Crippen LogP contribution in [0.3, 0.4) is 0 Å². The number of thiophene rings is 1. The van der Waals surface area contributed by atoms with Crippen LogP contribution in [0.2, 0.25) is 0 Å². The summed E-state index contributed by atoms with van der Waals surface area (Å²) in [6.07, 6.45) is -0.974. The van der Waals surface area contributed by atoms with Crippen molar-refractivity contribution in [1.82, 2.24) is 10.2 Å². The quantitative estimate of drug-likeness (QED) is 0.844. The molecule has 0 spiro atoms. The smallest absolute Gasteiger partial charge is 0.349 e. The third-order valence-electron chi connectivity index (χ3n) is 2.80. The Morgan fingerprint density at radius 1 is 1.53 bits per heavy atom. The molecule has 0 radical (unpaired) electrons. The molecule has 0 aromatic carbocycles. The first-order chi connectivity index (χ1) is 9.00. The summed E-state index contributed by atoms with van der Waals surface area (Å²) in [4.78, 5) is 36.7. The van der Waals surface area contributed by atoms with Crippen LogP contribution in [0.4, 0.5) is 4.79 Å². The number of carbonyl (C=O) groups excluding carboxylic acids is 3. The number of imide groups is 1. The van der Waals surface area contributed by atoms with Crippen molar-refractivity contribution in [3.05, 3.63) is 21.9 Å². The van der Waals surface area contributed by atoms with Crippen LogP contribution < -0.4 is 5.32 Å². The Labute approximate surface area is 114 Å². The maximum absolute atomic E-state index is 11.9. The van der Waals surface area contributed by atoms with Gasteiger partial charge < -0.3 is 10.1 Å². The van der Waals surface area contributed by atoms with Crippen LogP contribution in [0.15, 0.2) is 11.4 Å². The second-order valence-electron chi connectivity index (χ2n) is 4.20. The molecule has 7 heteroatoms. The molecule has 0 bridgehead atoms. The number of urea groups is 1. The van der Waals surface area contributed by atoms with E-state index >= 15 is 0 Å². The third kappa shape index (κ3) is 2.76. The van der Waals surface area contributed by atoms with Gasteiger partial charge in [0, 0.05) is 13.1 Å². The molecule has 1 aromatic rings. The van der Waals surface area contributed by atoms with Crippen LogP contribution in [0, 0.1) is 6.92 Å². The van der Waals surface area contributed by atoms with Crippen molar-refractivity contribution in [2.24, 2.45) is 0 Å². The Hall–Kier alpha value is -1.89. The molecular formula is C12H14N2O4S. The fourth-order valence-electron chi connectivity index (χ4n) is 1.75. The monoisotopic (exact) mass is 282 g/mol. The van der Waals surface area contributed by atoms with Gasteiger partial charge in [0.25, 0.3) is 5.91 Å². The number of amides is 3. The van der Waals surface area contributed by atoms with E-state index in [0.29, 0.717) is 18.0 Å². The number of hydrogen-bond donors (Lipinski definition) is 1. The molecule has 3 amide bonds. The Kier molecular flexibility index (Phi) is 3.84. The second kappa shape index (κ2) is 5.40. The molecule has 1 fully saturated rings. The van der Waals surface area contributed by atoms with Crippen LogP contribution in [0.25, 0.3) is 0 Å². The summed E-state index contributed by atoms with van der Waals surface area (Å²) in [6.45, 7) is 4.00. The minimum Gasteiger partial charge on any atom is -0.448 e. The number of nitrogens with zero attached hydrogens (tertiary/aromatic N) is 1. The second-order valence-corrected chi connectivity index (χ2v) is 5.12. The SMILES string of the molecule is Cc1ccsc1C(=O)OC(C)C(=O)N1CCNC1=O. The molecule has 1 unspecified atom stereocenters. The fourth-order valence-corrected chi connectivity index (χ4v) is 2.55. The van der Waals surface area contributed by atoms with Gasteiger partial charge >= 0.3 is 12.0 Å². The number of aryl methyl sites for hydroxylation is 1. The average Bonchev–Trinajstić information content (AvgIpc) is 2.96. The van der Waals surface area contributed by atoms with Gasteiger partial charge in [0.05, 0.1) is 0 Å². The number of carbonyl (C=O) groups is 3. The zero-order chi connectivity index (χ0) is 14.0. The Morgan fingerprint density at radius 2 is 2.26 bits per heavy atom. The Morgan fingerprint density at radius 3 is 2.79 bits per heavy atom. The van der Waals surface area contributed by atoms with E-state index in [0.717, 1.165) is 10.5 Å². The molecule has 2 heterocycles. The molecule has 1 aromatic heterocycles. The maximum Gasteiger partial charge on any atom is 0.349 e. The first kappa shape index (κ1) is 13.5. The summed E-state index contributed by atoms with van der Waals surface area (Å²) in [7, 11) is 0. The molecular weight excluding hydrogens is 268 g/mol. The van der Waals surface area contributed by atoms with Gasteiger partial charge in [-0.05, 0) is 30.9 Å². The number of hydrogen-bond acceptors (Lipinski definition) is 5. The summed E-state index contributed by atoms with van der Waals surface area (Å²) >= 11 is 1.27. The van der Waals surface area contributed by atoms with Gasteiger partial charge in [-0.15, -0.1) is 11.3 Å². The third-order valence-corrected chi connectivity index (χ3v) is 3.80. The van der Waals surface area contributed by atoms with Crippen LogP contribution in [0.5, 0.6) is 0 Å². The highest BCUT2D eigenvalue weighted by Gasteiger charge is 2.32. The lowest BCUT2D eigenvalue weighted by atomic mass is 10.3. The number of ether oxygens (including phenoxy) is 1. The van der Waals surface area contributed by atoms with E-state index in [4.69, 9.17) is 4.74 Å². The molecule has 1 saturated heterocycles. The van der Waals surface area contributed by atoms with E-state index < -0.39 is 24.0 Å². The van der Waals surface area contributed by atoms with Gasteiger partial charge in [0.1, 0.15) is 4.88 Å².